The highest BCUT2D eigenvalue weighted by molar-refractivity contribution is 5.73. The molecule has 12 nitrogen and oxygen atoms in total. The van der Waals surface area contributed by atoms with Crippen LogP contribution in [0.15, 0.2) is 0 Å². The molecule has 1 aliphatic heterocycles. The molecule has 0 aromatic rings. The molecule has 0 aliphatic carbocycles. The van der Waals surface area contributed by atoms with Gasteiger partial charge in [0.05, 0.1) is 32.8 Å². The number of aliphatic carboxylic acids is 1. The van der Waals surface area contributed by atoms with Crippen LogP contribution in [0.1, 0.15) is 61.3 Å². The second-order valence-corrected chi connectivity index (χ2v) is 12.2. The van der Waals surface area contributed by atoms with E-state index in [2.05, 4.69) is 0 Å². The summed E-state index contributed by atoms with van der Waals surface area (Å²) in [5, 5.41) is 9.46. The predicted molar refractivity (Wildman–Crippen MR) is 151 cm³/mol. The lowest BCUT2D eigenvalue weighted by Gasteiger charge is -2.33. The van der Waals surface area contributed by atoms with Crippen LogP contribution in [0, 0.1) is 0 Å². The Balaban J connectivity index is 3.08. The van der Waals surface area contributed by atoms with Crippen LogP contribution >= 0.6 is 0 Å². The first kappa shape index (κ1) is 35.7. The summed E-state index contributed by atoms with van der Waals surface area (Å²) in [6.45, 7) is 16.9. The summed E-state index contributed by atoms with van der Waals surface area (Å²) >= 11 is 0. The van der Waals surface area contributed by atoms with E-state index in [4.69, 9.17) is 14.2 Å². The number of hydrogen-bond donors (Lipinski definition) is 1. The molecule has 1 rings (SSSR count). The van der Waals surface area contributed by atoms with E-state index in [0.29, 0.717) is 59.0 Å². The van der Waals surface area contributed by atoms with Crippen molar-refractivity contribution in [2.24, 2.45) is 0 Å². The minimum Gasteiger partial charge on any atom is -0.480 e. The summed E-state index contributed by atoms with van der Waals surface area (Å²) in [6, 6.07) is 0. The highest BCUT2D eigenvalue weighted by atomic mass is 16.6. The fourth-order valence-electron chi connectivity index (χ4n) is 4.07. The van der Waals surface area contributed by atoms with Crippen molar-refractivity contribution < 1.29 is 38.5 Å². The van der Waals surface area contributed by atoms with Crippen LogP contribution < -0.4 is 0 Å². The average molecular weight is 573 g/mol. The lowest BCUT2D eigenvalue weighted by molar-refractivity contribution is -0.158. The molecule has 0 unspecified atom stereocenters. The molecule has 40 heavy (non-hydrogen) atoms. The second-order valence-electron chi connectivity index (χ2n) is 12.2. The van der Waals surface area contributed by atoms with E-state index in [9.17, 15) is 24.3 Å². The number of hydrogen-bond acceptors (Lipinski definition) is 11. The van der Waals surface area contributed by atoms with Gasteiger partial charge in [-0.1, -0.05) is 13.3 Å². The molecular formula is C28H52N4O8. The average Bonchev–Trinajstić information content (AvgIpc) is 2.78. The van der Waals surface area contributed by atoms with Crippen molar-refractivity contribution >= 4 is 23.9 Å². The van der Waals surface area contributed by atoms with E-state index < -0.39 is 17.2 Å². The Morgan fingerprint density at radius 1 is 0.600 bits per heavy atom. The Morgan fingerprint density at radius 3 is 1.23 bits per heavy atom. The number of carboxylic acid groups (broad SMARTS) is 1. The van der Waals surface area contributed by atoms with Gasteiger partial charge in [-0.05, 0) is 48.0 Å². The highest BCUT2D eigenvalue weighted by Gasteiger charge is 2.25. The van der Waals surface area contributed by atoms with Gasteiger partial charge < -0.3 is 19.3 Å². The molecule has 1 saturated heterocycles. The number of ether oxygens (including phenoxy) is 3. The zero-order valence-corrected chi connectivity index (χ0v) is 25.7. The number of carboxylic acids is 1. The number of carbonyl (C=O) groups excluding carboxylic acids is 3. The molecule has 0 spiro atoms. The number of rotatable bonds is 11. The zero-order valence-electron chi connectivity index (χ0n) is 25.7. The number of unbranched alkanes of at least 4 members (excludes halogenated alkanes) is 1. The summed E-state index contributed by atoms with van der Waals surface area (Å²) in [6.07, 6.45) is 1.72. The maximum atomic E-state index is 12.7. The van der Waals surface area contributed by atoms with Gasteiger partial charge in [0.25, 0.3) is 0 Å². The van der Waals surface area contributed by atoms with Crippen LogP contribution in [0.5, 0.6) is 0 Å². The topological polar surface area (TPSA) is 129 Å². The molecule has 1 heterocycles. The third kappa shape index (κ3) is 18.1. The maximum absolute atomic E-state index is 12.7. The second kappa shape index (κ2) is 17.5. The van der Waals surface area contributed by atoms with E-state index in [1.165, 1.54) is 0 Å². The van der Waals surface area contributed by atoms with E-state index in [0.717, 1.165) is 12.8 Å². The summed E-state index contributed by atoms with van der Waals surface area (Å²) in [5.74, 6) is -1.99. The van der Waals surface area contributed by atoms with Gasteiger partial charge in [0.1, 0.15) is 11.2 Å². The number of carbonyl (C=O) groups is 4. The van der Waals surface area contributed by atoms with E-state index in [-0.39, 0.29) is 44.1 Å². The first-order chi connectivity index (χ1) is 18.6. The van der Waals surface area contributed by atoms with Crippen molar-refractivity contribution in [2.45, 2.75) is 72.5 Å². The molecule has 0 bridgehead atoms. The molecule has 1 fully saturated rings. The number of esters is 3. The fraction of sp³-hybridized carbons (Fsp3) is 0.857. The van der Waals surface area contributed by atoms with Crippen molar-refractivity contribution in [3.63, 3.8) is 0 Å². The Hall–Kier alpha value is -2.28. The Morgan fingerprint density at radius 2 is 0.925 bits per heavy atom. The van der Waals surface area contributed by atoms with Crippen molar-refractivity contribution in [3.05, 3.63) is 0 Å². The van der Waals surface area contributed by atoms with Crippen LogP contribution in [0.25, 0.3) is 0 Å². The van der Waals surface area contributed by atoms with E-state index in [1.807, 2.05) is 63.2 Å². The summed E-state index contributed by atoms with van der Waals surface area (Å²) in [4.78, 5) is 56.9. The fourth-order valence-corrected chi connectivity index (χ4v) is 4.07. The molecule has 12 heteroatoms. The Labute approximate surface area is 239 Å². The van der Waals surface area contributed by atoms with Crippen LogP contribution in [-0.4, -0.2) is 145 Å². The van der Waals surface area contributed by atoms with Crippen LogP contribution in [0.4, 0.5) is 0 Å². The van der Waals surface area contributed by atoms with Gasteiger partial charge in [0.2, 0.25) is 0 Å². The van der Waals surface area contributed by atoms with E-state index >= 15 is 0 Å². The van der Waals surface area contributed by atoms with Crippen molar-refractivity contribution in [1.82, 2.24) is 19.6 Å². The van der Waals surface area contributed by atoms with Gasteiger partial charge >= 0.3 is 23.9 Å². The summed E-state index contributed by atoms with van der Waals surface area (Å²) < 4.78 is 16.4. The Kier molecular flexibility index (Phi) is 15.7. The van der Waals surface area contributed by atoms with Crippen LogP contribution in [-0.2, 0) is 33.4 Å². The molecular weight excluding hydrogens is 520 g/mol. The molecule has 232 valence electrons. The van der Waals surface area contributed by atoms with Crippen LogP contribution in [0.2, 0.25) is 0 Å². The summed E-state index contributed by atoms with van der Waals surface area (Å²) in [5.41, 5.74) is -1.24. The van der Waals surface area contributed by atoms with E-state index in [1.54, 1.807) is 4.90 Å². The standard InChI is InChI=1S/C28H52N4O8/c1-8-9-18-38-24(35)20-30-12-10-29(19-23(33)34)11-13-31(21-25(36)39-27(2,3)4)16-17-32(15-14-30)22-26(37)40-28(5,6)7/h8-22H2,1-7H3,(H,33,34). The molecule has 0 radical (unpaired) electrons. The van der Waals surface area contributed by atoms with Crippen LogP contribution in [0.3, 0.4) is 0 Å². The lowest BCUT2D eigenvalue weighted by atomic mass is 10.2. The summed E-state index contributed by atoms with van der Waals surface area (Å²) in [7, 11) is 0. The zero-order chi connectivity index (χ0) is 30.3. The minimum absolute atomic E-state index is 0.0498. The first-order valence-electron chi connectivity index (χ1n) is 14.3. The van der Waals surface area contributed by atoms with Crippen molar-refractivity contribution in [2.75, 3.05) is 85.1 Å². The molecule has 1 aliphatic rings. The monoisotopic (exact) mass is 572 g/mol. The highest BCUT2D eigenvalue weighted by Crippen LogP contribution is 2.10. The minimum atomic E-state index is -0.945. The number of nitrogens with zero attached hydrogens (tertiary/aromatic N) is 4. The molecule has 0 saturated carbocycles. The van der Waals surface area contributed by atoms with Gasteiger partial charge in [-0.2, -0.15) is 0 Å². The molecule has 0 aromatic heterocycles. The molecule has 1 N–H and O–H groups in total. The van der Waals surface area contributed by atoms with Crippen molar-refractivity contribution in [1.29, 1.82) is 0 Å². The predicted octanol–water partition coefficient (Wildman–Crippen LogP) is 1.32. The van der Waals surface area contributed by atoms with Gasteiger partial charge in [-0.3, -0.25) is 38.8 Å². The maximum Gasteiger partial charge on any atom is 0.320 e. The van der Waals surface area contributed by atoms with Gasteiger partial charge in [-0.15, -0.1) is 0 Å². The molecule has 0 atom stereocenters. The normalized spacial score (nSPS) is 17.9. The van der Waals surface area contributed by atoms with Gasteiger partial charge in [0.15, 0.2) is 0 Å². The smallest absolute Gasteiger partial charge is 0.320 e. The quantitative estimate of drug-likeness (QED) is 0.218. The molecule has 0 amide bonds. The largest absolute Gasteiger partial charge is 0.480 e. The molecule has 0 aromatic carbocycles. The van der Waals surface area contributed by atoms with Gasteiger partial charge in [-0.25, -0.2) is 0 Å². The lowest BCUT2D eigenvalue weighted by Crippen LogP contribution is -2.49. The SMILES string of the molecule is CCCCOC(=O)CN1CCN(CC(=O)O)CCN(CC(=O)OC(C)(C)C)CCN(CC(=O)OC(C)(C)C)CC1. The third-order valence-corrected chi connectivity index (χ3v) is 5.95. The van der Waals surface area contributed by atoms with Gasteiger partial charge in [0, 0.05) is 52.4 Å². The first-order valence-corrected chi connectivity index (χ1v) is 14.3. The third-order valence-electron chi connectivity index (χ3n) is 5.95. The van der Waals surface area contributed by atoms with Crippen molar-refractivity contribution in [3.8, 4) is 0 Å². The Bertz CT molecular complexity index is 809.